The summed E-state index contributed by atoms with van der Waals surface area (Å²) in [7, 11) is 1.63. The lowest BCUT2D eigenvalue weighted by atomic mass is 10.0. The van der Waals surface area contributed by atoms with Crippen LogP contribution >= 0.6 is 15.9 Å². The quantitative estimate of drug-likeness (QED) is 0.861. The number of hydrogen-bond acceptors (Lipinski definition) is 3. The van der Waals surface area contributed by atoms with E-state index in [0.717, 1.165) is 23.6 Å². The van der Waals surface area contributed by atoms with Gasteiger partial charge in [-0.2, -0.15) is 0 Å². The van der Waals surface area contributed by atoms with Crippen LogP contribution in [-0.4, -0.2) is 13.7 Å². The molecule has 1 aromatic heterocycles. The van der Waals surface area contributed by atoms with E-state index < -0.39 is 0 Å². The minimum Gasteiger partial charge on any atom is -0.462 e. The fourth-order valence-corrected chi connectivity index (χ4v) is 2.44. The van der Waals surface area contributed by atoms with E-state index in [4.69, 9.17) is 9.15 Å². The zero-order valence-electron chi connectivity index (χ0n) is 11.5. The predicted octanol–water partition coefficient (Wildman–Crippen LogP) is 4.03. The van der Waals surface area contributed by atoms with Crippen molar-refractivity contribution in [1.29, 1.82) is 0 Å². The fraction of sp³-hybridized carbons (Fsp3) is 0.333. The third-order valence-electron chi connectivity index (χ3n) is 2.94. The standard InChI is InChI=1S/C15H17BrFNO2/c1-3-18-15(10-4-6-13(17)12(16)8-10)14-7-5-11(20-14)9-19-2/h4-8,15,18H,3,9H2,1-2H3. The van der Waals surface area contributed by atoms with Gasteiger partial charge in [0.05, 0.1) is 10.5 Å². The van der Waals surface area contributed by atoms with Gasteiger partial charge in [0.15, 0.2) is 0 Å². The van der Waals surface area contributed by atoms with Gasteiger partial charge in [-0.3, -0.25) is 0 Å². The SMILES string of the molecule is CCNC(c1ccc(F)c(Br)c1)c1ccc(COC)o1. The molecule has 0 radical (unpaired) electrons. The molecule has 0 aliphatic carbocycles. The summed E-state index contributed by atoms with van der Waals surface area (Å²) in [6.07, 6.45) is 0. The molecule has 1 heterocycles. The molecule has 3 nitrogen and oxygen atoms in total. The van der Waals surface area contributed by atoms with Gasteiger partial charge in [-0.15, -0.1) is 0 Å². The second-order valence-corrected chi connectivity index (χ2v) is 5.26. The molecule has 0 fully saturated rings. The number of furan rings is 1. The lowest BCUT2D eigenvalue weighted by Crippen LogP contribution is -2.21. The summed E-state index contributed by atoms with van der Waals surface area (Å²) in [6, 6.07) is 8.67. The van der Waals surface area contributed by atoms with Crippen LogP contribution in [0.2, 0.25) is 0 Å². The molecule has 1 atom stereocenters. The van der Waals surface area contributed by atoms with Crippen molar-refractivity contribution in [2.45, 2.75) is 19.6 Å². The predicted molar refractivity (Wildman–Crippen MR) is 79.0 cm³/mol. The molecular formula is C15H17BrFNO2. The molecule has 0 aliphatic rings. The minimum atomic E-state index is -0.275. The number of ether oxygens (including phenoxy) is 1. The highest BCUT2D eigenvalue weighted by atomic mass is 79.9. The van der Waals surface area contributed by atoms with Gasteiger partial charge >= 0.3 is 0 Å². The summed E-state index contributed by atoms with van der Waals surface area (Å²) in [4.78, 5) is 0. The molecule has 1 unspecified atom stereocenters. The summed E-state index contributed by atoms with van der Waals surface area (Å²) in [5, 5.41) is 3.34. The van der Waals surface area contributed by atoms with Crippen LogP contribution in [-0.2, 0) is 11.3 Å². The molecule has 5 heteroatoms. The third kappa shape index (κ3) is 3.48. The zero-order valence-corrected chi connectivity index (χ0v) is 13.0. The molecule has 0 saturated heterocycles. The van der Waals surface area contributed by atoms with Gasteiger partial charge in [0, 0.05) is 7.11 Å². The summed E-state index contributed by atoms with van der Waals surface area (Å²) in [6.45, 7) is 3.23. The number of rotatable bonds is 6. The van der Waals surface area contributed by atoms with Crippen molar-refractivity contribution in [3.8, 4) is 0 Å². The monoisotopic (exact) mass is 341 g/mol. The van der Waals surface area contributed by atoms with Crippen molar-refractivity contribution in [2.75, 3.05) is 13.7 Å². The van der Waals surface area contributed by atoms with Gasteiger partial charge in [-0.25, -0.2) is 4.39 Å². The van der Waals surface area contributed by atoms with E-state index in [1.807, 2.05) is 19.1 Å². The molecule has 0 saturated carbocycles. The molecule has 1 aromatic carbocycles. The van der Waals surface area contributed by atoms with Crippen LogP contribution < -0.4 is 5.32 Å². The van der Waals surface area contributed by atoms with Crippen molar-refractivity contribution in [2.24, 2.45) is 0 Å². The second kappa shape index (κ2) is 7.02. The Bertz CT molecular complexity index is 571. The van der Waals surface area contributed by atoms with E-state index >= 15 is 0 Å². The van der Waals surface area contributed by atoms with Crippen molar-refractivity contribution >= 4 is 15.9 Å². The van der Waals surface area contributed by atoms with Gasteiger partial charge in [0.25, 0.3) is 0 Å². The van der Waals surface area contributed by atoms with Crippen LogP contribution in [0.25, 0.3) is 0 Å². The molecule has 1 N–H and O–H groups in total. The van der Waals surface area contributed by atoms with E-state index in [2.05, 4.69) is 21.2 Å². The van der Waals surface area contributed by atoms with Gasteiger partial charge in [0.1, 0.15) is 23.9 Å². The van der Waals surface area contributed by atoms with Crippen molar-refractivity contribution in [3.05, 3.63) is 57.7 Å². The fourth-order valence-electron chi connectivity index (χ4n) is 2.05. The average Bonchev–Trinajstić information content (AvgIpc) is 2.88. The first-order chi connectivity index (χ1) is 9.65. The maximum Gasteiger partial charge on any atom is 0.137 e. The number of benzene rings is 1. The van der Waals surface area contributed by atoms with Gasteiger partial charge in [0.2, 0.25) is 0 Å². The Morgan fingerprint density at radius 2 is 2.15 bits per heavy atom. The number of halogens is 2. The zero-order chi connectivity index (χ0) is 14.5. The summed E-state index contributed by atoms with van der Waals surface area (Å²) < 4.78 is 24.6. The van der Waals surface area contributed by atoms with Crippen molar-refractivity contribution in [3.63, 3.8) is 0 Å². The Morgan fingerprint density at radius 3 is 2.80 bits per heavy atom. The highest BCUT2D eigenvalue weighted by Gasteiger charge is 2.18. The van der Waals surface area contributed by atoms with Crippen LogP contribution in [0.4, 0.5) is 4.39 Å². The van der Waals surface area contributed by atoms with Gasteiger partial charge in [-0.05, 0) is 52.3 Å². The van der Waals surface area contributed by atoms with Crippen LogP contribution in [0.3, 0.4) is 0 Å². The van der Waals surface area contributed by atoms with E-state index in [9.17, 15) is 4.39 Å². The molecule has 0 amide bonds. The van der Waals surface area contributed by atoms with Gasteiger partial charge in [-0.1, -0.05) is 13.0 Å². The molecular weight excluding hydrogens is 325 g/mol. The number of nitrogens with one attached hydrogen (secondary N) is 1. The average molecular weight is 342 g/mol. The normalized spacial score (nSPS) is 12.6. The molecule has 20 heavy (non-hydrogen) atoms. The van der Waals surface area contributed by atoms with Crippen LogP contribution in [0.1, 0.15) is 30.0 Å². The van der Waals surface area contributed by atoms with Crippen molar-refractivity contribution < 1.29 is 13.5 Å². The van der Waals surface area contributed by atoms with Crippen molar-refractivity contribution in [1.82, 2.24) is 5.32 Å². The lowest BCUT2D eigenvalue weighted by molar-refractivity contribution is 0.162. The van der Waals surface area contributed by atoms with Gasteiger partial charge < -0.3 is 14.5 Å². The molecule has 0 spiro atoms. The Kier molecular flexibility index (Phi) is 5.34. The maximum absolute atomic E-state index is 13.3. The van der Waals surface area contributed by atoms with E-state index in [1.54, 1.807) is 19.2 Å². The Balaban J connectivity index is 2.31. The first-order valence-corrected chi connectivity index (χ1v) is 7.21. The van der Waals surface area contributed by atoms with E-state index in [0.29, 0.717) is 11.1 Å². The largest absolute Gasteiger partial charge is 0.462 e. The molecule has 108 valence electrons. The second-order valence-electron chi connectivity index (χ2n) is 4.40. The summed E-state index contributed by atoms with van der Waals surface area (Å²) in [5.41, 5.74) is 0.943. The smallest absolute Gasteiger partial charge is 0.137 e. The Labute approximate surface area is 126 Å². The topological polar surface area (TPSA) is 34.4 Å². The Morgan fingerprint density at radius 1 is 1.35 bits per heavy atom. The highest BCUT2D eigenvalue weighted by Crippen LogP contribution is 2.27. The lowest BCUT2D eigenvalue weighted by Gasteiger charge is -2.16. The third-order valence-corrected chi connectivity index (χ3v) is 3.55. The summed E-state index contributed by atoms with van der Waals surface area (Å²) >= 11 is 3.21. The first kappa shape index (κ1) is 15.2. The van der Waals surface area contributed by atoms with E-state index in [-0.39, 0.29) is 11.9 Å². The number of methoxy groups -OCH3 is 1. The molecule has 0 aliphatic heterocycles. The molecule has 2 rings (SSSR count). The maximum atomic E-state index is 13.3. The van der Waals surface area contributed by atoms with Crippen LogP contribution in [0, 0.1) is 5.82 Å². The molecule has 0 bridgehead atoms. The minimum absolute atomic E-state index is 0.109. The van der Waals surface area contributed by atoms with Crippen LogP contribution in [0.5, 0.6) is 0 Å². The Hall–Kier alpha value is -1.17. The first-order valence-electron chi connectivity index (χ1n) is 6.41. The molecule has 2 aromatic rings. The number of hydrogen-bond donors (Lipinski definition) is 1. The highest BCUT2D eigenvalue weighted by molar-refractivity contribution is 9.10. The summed E-state index contributed by atoms with van der Waals surface area (Å²) in [5.74, 6) is 1.28. The van der Waals surface area contributed by atoms with E-state index in [1.165, 1.54) is 6.07 Å². The van der Waals surface area contributed by atoms with Crippen LogP contribution in [0.15, 0.2) is 39.2 Å².